The number of hydrogen-bond donors (Lipinski definition) is 0. The maximum absolute atomic E-state index is 11.5. The zero-order chi connectivity index (χ0) is 10.8. The predicted octanol–water partition coefficient (Wildman–Crippen LogP) is 2.72. The molecule has 0 aromatic heterocycles. The van der Waals surface area contributed by atoms with Crippen LogP contribution in [0.5, 0.6) is 0 Å². The highest BCUT2D eigenvalue weighted by Crippen LogP contribution is 2.22. The first-order valence-electron chi connectivity index (χ1n) is 4.81. The number of carbonyl (C=O) groups is 1. The van der Waals surface area contributed by atoms with E-state index in [0.717, 1.165) is 11.3 Å². The fourth-order valence-electron chi connectivity index (χ4n) is 1.61. The lowest BCUT2D eigenvalue weighted by Crippen LogP contribution is -2.24. The minimum atomic E-state index is -0.259. The van der Waals surface area contributed by atoms with Gasteiger partial charge in [0.25, 0.3) is 0 Å². The van der Waals surface area contributed by atoms with Gasteiger partial charge in [-0.3, -0.25) is 4.90 Å². The van der Waals surface area contributed by atoms with Crippen LogP contribution in [0.15, 0.2) is 24.3 Å². The summed E-state index contributed by atoms with van der Waals surface area (Å²) in [5.41, 5.74) is 2.05. The van der Waals surface area contributed by atoms with Crippen LogP contribution in [0.2, 0.25) is 0 Å². The van der Waals surface area contributed by atoms with Gasteiger partial charge in [0.2, 0.25) is 0 Å². The third-order valence-corrected chi connectivity index (χ3v) is 3.08. The van der Waals surface area contributed by atoms with Crippen LogP contribution in [-0.2, 0) is 4.74 Å². The third-order valence-electron chi connectivity index (χ3n) is 2.36. The van der Waals surface area contributed by atoms with Crippen molar-refractivity contribution in [1.29, 1.82) is 0 Å². The summed E-state index contributed by atoms with van der Waals surface area (Å²) in [6.45, 7) is 2.63. The summed E-state index contributed by atoms with van der Waals surface area (Å²) in [5.74, 6) is 0. The number of rotatable bonds is 2. The van der Waals surface area contributed by atoms with Gasteiger partial charge in [0.05, 0.1) is 6.54 Å². The summed E-state index contributed by atoms with van der Waals surface area (Å²) in [7, 11) is 0. The molecule has 1 aliphatic rings. The normalized spacial score (nSPS) is 20.5. The van der Waals surface area contributed by atoms with Crippen molar-refractivity contribution >= 4 is 27.7 Å². The molecule has 1 aliphatic heterocycles. The van der Waals surface area contributed by atoms with E-state index < -0.39 is 0 Å². The number of hydrogen-bond acceptors (Lipinski definition) is 2. The van der Waals surface area contributed by atoms with E-state index in [4.69, 9.17) is 4.74 Å². The lowest BCUT2D eigenvalue weighted by molar-refractivity contribution is 0.152. The smallest absolute Gasteiger partial charge is 0.414 e. The molecule has 0 radical (unpaired) electrons. The number of ether oxygens (including phenoxy) is 1. The van der Waals surface area contributed by atoms with E-state index in [2.05, 4.69) is 15.9 Å². The molecule has 80 valence electrons. The van der Waals surface area contributed by atoms with Gasteiger partial charge in [0.1, 0.15) is 6.10 Å². The Morgan fingerprint density at radius 2 is 2.40 bits per heavy atom. The molecular formula is C11H12BrNO2. The van der Waals surface area contributed by atoms with E-state index in [-0.39, 0.29) is 12.2 Å². The van der Waals surface area contributed by atoms with E-state index in [1.807, 2.05) is 31.2 Å². The quantitative estimate of drug-likeness (QED) is 0.773. The van der Waals surface area contributed by atoms with Gasteiger partial charge >= 0.3 is 6.09 Å². The Morgan fingerprint density at radius 3 is 3.00 bits per heavy atom. The van der Waals surface area contributed by atoms with Crippen molar-refractivity contribution in [2.75, 3.05) is 16.8 Å². The molecule has 0 bridgehead atoms. The minimum Gasteiger partial charge on any atom is -0.443 e. The summed E-state index contributed by atoms with van der Waals surface area (Å²) < 4.78 is 5.16. The van der Waals surface area contributed by atoms with Crippen molar-refractivity contribution in [2.24, 2.45) is 0 Å². The first-order valence-corrected chi connectivity index (χ1v) is 5.93. The van der Waals surface area contributed by atoms with Gasteiger partial charge in [-0.1, -0.05) is 28.1 Å². The zero-order valence-electron chi connectivity index (χ0n) is 8.44. The molecule has 1 atom stereocenters. The molecule has 1 aromatic rings. The second-order valence-electron chi connectivity index (χ2n) is 3.61. The predicted molar refractivity (Wildman–Crippen MR) is 62.6 cm³/mol. The Labute approximate surface area is 97.2 Å². The molecule has 15 heavy (non-hydrogen) atoms. The largest absolute Gasteiger partial charge is 0.443 e. The van der Waals surface area contributed by atoms with Gasteiger partial charge in [-0.15, -0.1) is 0 Å². The van der Waals surface area contributed by atoms with Gasteiger partial charge < -0.3 is 4.74 Å². The molecule has 1 saturated heterocycles. The van der Waals surface area contributed by atoms with Crippen LogP contribution in [-0.4, -0.2) is 24.1 Å². The summed E-state index contributed by atoms with van der Waals surface area (Å²) in [6, 6.07) is 7.86. The van der Waals surface area contributed by atoms with E-state index in [9.17, 15) is 4.79 Å². The molecule has 1 amide bonds. The summed E-state index contributed by atoms with van der Waals surface area (Å²) in [5, 5.41) is 0.682. The van der Waals surface area contributed by atoms with Gasteiger partial charge in [-0.2, -0.15) is 0 Å². The summed E-state index contributed by atoms with van der Waals surface area (Å²) >= 11 is 3.31. The van der Waals surface area contributed by atoms with Crippen molar-refractivity contribution < 1.29 is 9.53 Å². The van der Waals surface area contributed by atoms with Crippen LogP contribution in [0.25, 0.3) is 0 Å². The highest BCUT2D eigenvalue weighted by molar-refractivity contribution is 9.09. The number of cyclic esters (lactones) is 1. The minimum absolute atomic E-state index is 0.0435. The molecule has 1 heterocycles. The SMILES string of the molecule is Cc1cccc(N2CC(CBr)OC2=O)c1. The Hall–Kier alpha value is -1.03. The summed E-state index contributed by atoms with van der Waals surface area (Å²) in [6.07, 6.45) is -0.303. The van der Waals surface area contributed by atoms with Crippen LogP contribution < -0.4 is 4.90 Å². The van der Waals surface area contributed by atoms with E-state index in [0.29, 0.717) is 11.9 Å². The van der Waals surface area contributed by atoms with Crippen LogP contribution >= 0.6 is 15.9 Å². The van der Waals surface area contributed by atoms with Gasteiger partial charge in [-0.05, 0) is 24.6 Å². The number of halogens is 1. The number of carbonyl (C=O) groups excluding carboxylic acids is 1. The average Bonchev–Trinajstić information content (AvgIpc) is 2.60. The van der Waals surface area contributed by atoms with Crippen molar-refractivity contribution in [3.63, 3.8) is 0 Å². The monoisotopic (exact) mass is 269 g/mol. The molecule has 0 spiro atoms. The Kier molecular flexibility index (Phi) is 2.95. The highest BCUT2D eigenvalue weighted by Gasteiger charge is 2.31. The molecular weight excluding hydrogens is 258 g/mol. The van der Waals surface area contributed by atoms with Crippen molar-refractivity contribution in [2.45, 2.75) is 13.0 Å². The molecule has 1 unspecified atom stereocenters. The van der Waals surface area contributed by atoms with E-state index >= 15 is 0 Å². The van der Waals surface area contributed by atoms with Crippen molar-refractivity contribution in [1.82, 2.24) is 0 Å². The van der Waals surface area contributed by atoms with E-state index in [1.54, 1.807) is 4.90 Å². The van der Waals surface area contributed by atoms with Gasteiger partial charge in [0.15, 0.2) is 0 Å². The second kappa shape index (κ2) is 4.23. The topological polar surface area (TPSA) is 29.5 Å². The number of benzene rings is 1. The van der Waals surface area contributed by atoms with Crippen LogP contribution in [0.1, 0.15) is 5.56 Å². The molecule has 3 nitrogen and oxygen atoms in total. The standard InChI is InChI=1S/C11H12BrNO2/c1-8-3-2-4-9(5-8)13-7-10(6-12)15-11(13)14/h2-5,10H,6-7H2,1H3. The first-order chi connectivity index (χ1) is 7.20. The molecule has 0 saturated carbocycles. The number of nitrogens with zero attached hydrogens (tertiary/aromatic N) is 1. The average molecular weight is 270 g/mol. The number of aryl methyl sites for hydroxylation is 1. The summed E-state index contributed by atoms with van der Waals surface area (Å²) in [4.78, 5) is 13.2. The van der Waals surface area contributed by atoms with Gasteiger partial charge in [-0.25, -0.2) is 4.79 Å². The molecule has 0 aliphatic carbocycles. The van der Waals surface area contributed by atoms with Crippen LogP contribution in [0, 0.1) is 6.92 Å². The molecule has 4 heteroatoms. The van der Waals surface area contributed by atoms with Gasteiger partial charge in [0, 0.05) is 11.0 Å². The number of amides is 1. The molecule has 1 aromatic carbocycles. The maximum Gasteiger partial charge on any atom is 0.414 e. The number of anilines is 1. The highest BCUT2D eigenvalue weighted by atomic mass is 79.9. The number of alkyl halides is 1. The van der Waals surface area contributed by atoms with Crippen molar-refractivity contribution in [3.8, 4) is 0 Å². The van der Waals surface area contributed by atoms with Crippen LogP contribution in [0.4, 0.5) is 10.5 Å². The van der Waals surface area contributed by atoms with Crippen molar-refractivity contribution in [3.05, 3.63) is 29.8 Å². The third kappa shape index (κ3) is 2.15. The lowest BCUT2D eigenvalue weighted by Gasteiger charge is -2.12. The van der Waals surface area contributed by atoms with E-state index in [1.165, 1.54) is 0 Å². The maximum atomic E-state index is 11.5. The zero-order valence-corrected chi connectivity index (χ0v) is 10.0. The molecule has 0 N–H and O–H groups in total. The lowest BCUT2D eigenvalue weighted by atomic mass is 10.2. The Bertz CT molecular complexity index is 381. The molecule has 1 fully saturated rings. The van der Waals surface area contributed by atoms with Crippen LogP contribution in [0.3, 0.4) is 0 Å². The fourth-order valence-corrected chi connectivity index (χ4v) is 1.95. The fraction of sp³-hybridized carbons (Fsp3) is 0.364. The first kappa shape index (κ1) is 10.5. The molecule has 2 rings (SSSR count). The Balaban J connectivity index is 2.21. The second-order valence-corrected chi connectivity index (χ2v) is 4.26. The Morgan fingerprint density at radius 1 is 1.60 bits per heavy atom.